The second-order valence-corrected chi connectivity index (χ2v) is 11.3. The molecule has 0 saturated heterocycles. The number of hydrogen-bond donors (Lipinski definition) is 3. The molecule has 0 radical (unpaired) electrons. The van der Waals surface area contributed by atoms with E-state index >= 15 is 0 Å². The van der Waals surface area contributed by atoms with E-state index in [0.717, 1.165) is 0 Å². The number of aliphatic hydroxyl groups is 1. The van der Waals surface area contributed by atoms with Gasteiger partial charge >= 0.3 is 24.4 Å². The highest BCUT2D eigenvalue weighted by Crippen LogP contribution is 2.41. The second-order valence-electron chi connectivity index (χ2n) is 11.3. The van der Waals surface area contributed by atoms with Gasteiger partial charge in [0, 0.05) is 24.9 Å². The minimum absolute atomic E-state index is 0.00268. The molecule has 2 atom stereocenters. The van der Waals surface area contributed by atoms with E-state index in [4.69, 9.17) is 19.3 Å². The summed E-state index contributed by atoms with van der Waals surface area (Å²) in [6, 6.07) is 3.30. The summed E-state index contributed by atoms with van der Waals surface area (Å²) in [5.41, 5.74) is -2.65. The third-order valence-corrected chi connectivity index (χ3v) is 7.73. The number of amides is 1. The fourth-order valence-electron chi connectivity index (χ4n) is 5.39. The van der Waals surface area contributed by atoms with Gasteiger partial charge in [0.2, 0.25) is 11.8 Å². The summed E-state index contributed by atoms with van der Waals surface area (Å²) in [5, 5.41) is 21.2. The summed E-state index contributed by atoms with van der Waals surface area (Å²) in [6.07, 6.45) is -8.77. The zero-order valence-corrected chi connectivity index (χ0v) is 27.0. The molecule has 0 saturated carbocycles. The van der Waals surface area contributed by atoms with Crippen molar-refractivity contribution in [2.75, 3.05) is 37.1 Å². The molecule has 4 rings (SSSR count). The van der Waals surface area contributed by atoms with Crippen molar-refractivity contribution in [3.05, 3.63) is 64.6 Å². The Morgan fingerprint density at radius 2 is 1.72 bits per heavy atom. The van der Waals surface area contributed by atoms with E-state index in [1.807, 2.05) is 6.92 Å². The molecule has 1 amide bonds. The van der Waals surface area contributed by atoms with Crippen LogP contribution in [-0.4, -0.2) is 70.2 Å². The lowest BCUT2D eigenvalue weighted by Gasteiger charge is -2.39. The first-order chi connectivity index (χ1) is 23.6. The van der Waals surface area contributed by atoms with E-state index in [1.54, 1.807) is 12.1 Å². The standard InChI is InChI=1S/C32H35F6N5O7/c1-3-21-16-23(28-24(7-8-26(42-28)48-2)43(21)30(47)50-10-5-4-6-27(45)46)41-29-39-17-25(49-11-9-44)22(40-29)14-18-12-19(31(33,34)35)15-20(13-18)32(36,37)38/h7-8,12-13,15,17,21,23,44H,3-6,9-11,14,16H2,1-2H3,(H,45,46)(H,39,40,41)/t21-,23+/m1/s1. The molecule has 3 N–H and O–H groups in total. The predicted molar refractivity (Wildman–Crippen MR) is 165 cm³/mol. The van der Waals surface area contributed by atoms with Gasteiger partial charge in [-0.15, -0.1) is 0 Å². The number of halogens is 6. The number of benzene rings is 1. The molecule has 0 spiro atoms. The van der Waals surface area contributed by atoms with Crippen molar-refractivity contribution in [2.24, 2.45) is 0 Å². The molecular weight excluding hydrogens is 680 g/mol. The minimum Gasteiger partial charge on any atom is -0.488 e. The quantitative estimate of drug-likeness (QED) is 0.125. The fourth-order valence-corrected chi connectivity index (χ4v) is 5.39. The zero-order valence-electron chi connectivity index (χ0n) is 27.0. The minimum atomic E-state index is -5.05. The monoisotopic (exact) mass is 715 g/mol. The number of carboxylic acids is 1. The van der Waals surface area contributed by atoms with Gasteiger partial charge in [0.05, 0.1) is 60.8 Å². The van der Waals surface area contributed by atoms with Crippen molar-refractivity contribution in [1.82, 2.24) is 15.0 Å². The molecule has 12 nitrogen and oxygen atoms in total. The van der Waals surface area contributed by atoms with Gasteiger partial charge in [-0.2, -0.15) is 26.3 Å². The van der Waals surface area contributed by atoms with Crippen LogP contribution in [0.4, 0.5) is 42.8 Å². The third kappa shape index (κ3) is 9.64. The van der Waals surface area contributed by atoms with Gasteiger partial charge in [0.25, 0.3) is 0 Å². The molecule has 0 bridgehead atoms. The first kappa shape index (κ1) is 37.9. The topological polar surface area (TPSA) is 156 Å². The summed E-state index contributed by atoms with van der Waals surface area (Å²) in [6.45, 7) is 1.16. The number of unbranched alkanes of at least 4 members (excludes halogenated alkanes) is 1. The van der Waals surface area contributed by atoms with Crippen LogP contribution in [0.1, 0.15) is 73.1 Å². The number of anilines is 2. The van der Waals surface area contributed by atoms with Crippen LogP contribution in [-0.2, 0) is 28.3 Å². The Morgan fingerprint density at radius 3 is 2.32 bits per heavy atom. The van der Waals surface area contributed by atoms with Gasteiger partial charge in [-0.3, -0.25) is 9.69 Å². The Balaban J connectivity index is 1.67. The number of nitrogens with zero attached hydrogens (tertiary/aromatic N) is 4. The van der Waals surface area contributed by atoms with Gasteiger partial charge < -0.3 is 29.7 Å². The summed E-state index contributed by atoms with van der Waals surface area (Å²) >= 11 is 0. The van der Waals surface area contributed by atoms with E-state index in [9.17, 15) is 41.0 Å². The van der Waals surface area contributed by atoms with Gasteiger partial charge in [0.15, 0.2) is 5.75 Å². The van der Waals surface area contributed by atoms with Crippen LogP contribution in [0.5, 0.6) is 11.6 Å². The van der Waals surface area contributed by atoms with Gasteiger partial charge in [-0.05, 0) is 55.5 Å². The van der Waals surface area contributed by atoms with Gasteiger partial charge in [0.1, 0.15) is 6.61 Å². The van der Waals surface area contributed by atoms with E-state index in [1.165, 1.54) is 18.2 Å². The summed E-state index contributed by atoms with van der Waals surface area (Å²) < 4.78 is 97.5. The molecule has 0 unspecified atom stereocenters. The van der Waals surface area contributed by atoms with Crippen molar-refractivity contribution >= 4 is 23.7 Å². The Morgan fingerprint density at radius 1 is 1.02 bits per heavy atom. The van der Waals surface area contributed by atoms with E-state index < -0.39 is 60.7 Å². The molecule has 3 aromatic rings. The smallest absolute Gasteiger partial charge is 0.416 e. The number of carbonyl (C=O) groups excluding carboxylic acids is 1. The van der Waals surface area contributed by atoms with Crippen molar-refractivity contribution in [2.45, 2.75) is 69.9 Å². The van der Waals surface area contributed by atoms with Gasteiger partial charge in [-0.25, -0.2) is 19.7 Å². The second kappa shape index (κ2) is 16.2. The number of aromatic nitrogens is 3. The van der Waals surface area contributed by atoms with Crippen LogP contribution in [0.25, 0.3) is 0 Å². The first-order valence-electron chi connectivity index (χ1n) is 15.5. The Bertz CT molecular complexity index is 1620. The first-order valence-corrected chi connectivity index (χ1v) is 15.5. The number of pyridine rings is 1. The number of ether oxygens (including phenoxy) is 3. The van der Waals surface area contributed by atoms with Crippen molar-refractivity contribution in [3.63, 3.8) is 0 Å². The number of rotatable bonds is 14. The van der Waals surface area contributed by atoms with E-state index in [-0.39, 0.29) is 61.0 Å². The average molecular weight is 716 g/mol. The zero-order chi connectivity index (χ0) is 36.6. The number of fused-ring (bicyclic) bond motifs is 1. The van der Waals surface area contributed by atoms with Crippen LogP contribution < -0.4 is 19.7 Å². The van der Waals surface area contributed by atoms with Crippen LogP contribution in [0.3, 0.4) is 0 Å². The number of methoxy groups -OCH3 is 1. The molecular formula is C32H35F6N5O7. The highest BCUT2D eigenvalue weighted by molar-refractivity contribution is 5.90. The molecule has 2 aromatic heterocycles. The van der Waals surface area contributed by atoms with Crippen molar-refractivity contribution in [3.8, 4) is 11.6 Å². The molecule has 0 aliphatic carbocycles. The summed E-state index contributed by atoms with van der Waals surface area (Å²) in [5.74, 6) is -0.875. The lowest BCUT2D eigenvalue weighted by atomic mass is 9.93. The third-order valence-electron chi connectivity index (χ3n) is 7.73. The molecule has 272 valence electrons. The molecule has 50 heavy (non-hydrogen) atoms. The summed E-state index contributed by atoms with van der Waals surface area (Å²) in [4.78, 5) is 38.7. The SMILES string of the molecule is CC[C@@H]1C[C@H](Nc2ncc(OCCO)c(Cc3cc(C(F)(F)F)cc(C(F)(F)F)c3)n2)c2nc(OC)ccc2N1C(=O)OCCCCC(=O)O. The Hall–Kier alpha value is -4.87. The van der Waals surface area contributed by atoms with Gasteiger partial charge in [-0.1, -0.05) is 6.92 Å². The maximum Gasteiger partial charge on any atom is 0.416 e. The largest absolute Gasteiger partial charge is 0.488 e. The lowest BCUT2D eigenvalue weighted by molar-refractivity contribution is -0.143. The Labute approximate surface area is 282 Å². The molecule has 1 aromatic carbocycles. The fraction of sp³-hybridized carbons (Fsp3) is 0.469. The molecule has 1 aliphatic rings. The average Bonchev–Trinajstić information content (AvgIpc) is 3.06. The molecule has 1 aliphatic heterocycles. The Kier molecular flexibility index (Phi) is 12.3. The summed E-state index contributed by atoms with van der Waals surface area (Å²) in [7, 11) is 1.40. The van der Waals surface area contributed by atoms with Crippen LogP contribution in [0.2, 0.25) is 0 Å². The van der Waals surface area contributed by atoms with Crippen molar-refractivity contribution in [1.29, 1.82) is 0 Å². The molecule has 0 fully saturated rings. The predicted octanol–water partition coefficient (Wildman–Crippen LogP) is 6.41. The molecule has 18 heteroatoms. The number of aliphatic carboxylic acids is 1. The number of aliphatic hydroxyl groups excluding tert-OH is 1. The number of hydrogen-bond acceptors (Lipinski definition) is 10. The number of alkyl halides is 6. The maximum atomic E-state index is 13.6. The molecule has 3 heterocycles. The van der Waals surface area contributed by atoms with E-state index in [2.05, 4.69) is 20.3 Å². The van der Waals surface area contributed by atoms with Crippen molar-refractivity contribution < 1.29 is 60.4 Å². The maximum absolute atomic E-state index is 13.6. The lowest BCUT2D eigenvalue weighted by Crippen LogP contribution is -2.46. The highest BCUT2D eigenvalue weighted by Gasteiger charge is 2.39. The highest BCUT2D eigenvalue weighted by atomic mass is 19.4. The van der Waals surface area contributed by atoms with Crippen LogP contribution in [0, 0.1) is 0 Å². The number of carbonyl (C=O) groups is 2. The van der Waals surface area contributed by atoms with Crippen LogP contribution >= 0.6 is 0 Å². The normalized spacial score (nSPS) is 16.1. The number of nitrogens with one attached hydrogen (secondary N) is 1. The number of carboxylic acid groups (broad SMARTS) is 1. The van der Waals surface area contributed by atoms with E-state index in [0.29, 0.717) is 42.8 Å². The van der Waals surface area contributed by atoms with Crippen LogP contribution in [0.15, 0.2) is 36.5 Å².